The second-order valence-corrected chi connectivity index (χ2v) is 5.37. The Bertz CT molecular complexity index is 770. The van der Waals surface area contributed by atoms with Crippen LogP contribution in [-0.2, 0) is 0 Å². The van der Waals surface area contributed by atoms with Crippen molar-refractivity contribution in [3.63, 3.8) is 0 Å². The van der Waals surface area contributed by atoms with Gasteiger partial charge in [-0.05, 0) is 32.0 Å². The fourth-order valence-electron chi connectivity index (χ4n) is 2.44. The van der Waals surface area contributed by atoms with Gasteiger partial charge in [-0.15, -0.1) is 0 Å². The van der Waals surface area contributed by atoms with Gasteiger partial charge in [-0.3, -0.25) is 9.59 Å². The number of carbonyl (C=O) groups is 2. The molecule has 3 heteroatoms. The van der Waals surface area contributed by atoms with Crippen LogP contribution in [0, 0.1) is 13.8 Å². The third kappa shape index (κ3) is 2.55. The number of aliphatic imine (C=N–C) groups is 1. The zero-order valence-corrected chi connectivity index (χ0v) is 12.0. The standard InChI is InChI=1S/C18H15NO2/c1-11-3-6-13(7-4-11)19-16-10-17(20)14-8-5-12(2)9-15(14)18(16)21/h3-9H,10H2,1-2H3. The highest BCUT2D eigenvalue weighted by Gasteiger charge is 2.29. The molecule has 104 valence electrons. The van der Waals surface area contributed by atoms with E-state index in [1.807, 2.05) is 44.2 Å². The highest BCUT2D eigenvalue weighted by molar-refractivity contribution is 6.53. The van der Waals surface area contributed by atoms with E-state index in [1.54, 1.807) is 12.1 Å². The third-order valence-corrected chi connectivity index (χ3v) is 3.61. The van der Waals surface area contributed by atoms with E-state index in [4.69, 9.17) is 0 Å². The zero-order valence-electron chi connectivity index (χ0n) is 12.0. The van der Waals surface area contributed by atoms with Crippen LogP contribution >= 0.6 is 0 Å². The molecule has 0 spiro atoms. The molecule has 0 radical (unpaired) electrons. The van der Waals surface area contributed by atoms with Crippen molar-refractivity contribution in [2.75, 3.05) is 0 Å². The van der Waals surface area contributed by atoms with Crippen LogP contribution < -0.4 is 0 Å². The Balaban J connectivity index is 2.05. The topological polar surface area (TPSA) is 46.5 Å². The maximum Gasteiger partial charge on any atom is 0.208 e. The summed E-state index contributed by atoms with van der Waals surface area (Å²) in [5.74, 6) is -0.190. The number of ketones is 2. The lowest BCUT2D eigenvalue weighted by Gasteiger charge is -2.16. The van der Waals surface area contributed by atoms with Crippen molar-refractivity contribution in [1.29, 1.82) is 0 Å². The maximum atomic E-state index is 12.5. The van der Waals surface area contributed by atoms with Gasteiger partial charge in [0.15, 0.2) is 5.78 Å². The fraction of sp³-hybridized carbons (Fsp3) is 0.167. The number of carbonyl (C=O) groups excluding carboxylic acids is 2. The number of hydrogen-bond donors (Lipinski definition) is 0. The second kappa shape index (κ2) is 5.09. The molecule has 1 aliphatic rings. The number of nitrogens with zero attached hydrogens (tertiary/aromatic N) is 1. The second-order valence-electron chi connectivity index (χ2n) is 5.37. The molecule has 0 bridgehead atoms. The molecule has 0 saturated carbocycles. The average molecular weight is 277 g/mol. The van der Waals surface area contributed by atoms with Crippen molar-refractivity contribution in [1.82, 2.24) is 0 Å². The number of aryl methyl sites for hydroxylation is 2. The molecule has 0 N–H and O–H groups in total. The van der Waals surface area contributed by atoms with Crippen molar-refractivity contribution in [3.05, 3.63) is 64.7 Å². The van der Waals surface area contributed by atoms with Crippen molar-refractivity contribution < 1.29 is 9.59 Å². The van der Waals surface area contributed by atoms with Crippen LogP contribution in [0.15, 0.2) is 47.5 Å². The molecule has 2 aromatic rings. The molecule has 0 fully saturated rings. The van der Waals surface area contributed by atoms with Crippen LogP contribution in [0.25, 0.3) is 0 Å². The van der Waals surface area contributed by atoms with E-state index in [-0.39, 0.29) is 18.0 Å². The fourth-order valence-corrected chi connectivity index (χ4v) is 2.44. The number of hydrogen-bond acceptors (Lipinski definition) is 3. The molecule has 0 saturated heterocycles. The highest BCUT2D eigenvalue weighted by Crippen LogP contribution is 2.23. The largest absolute Gasteiger partial charge is 0.294 e. The van der Waals surface area contributed by atoms with Crippen LogP contribution in [0.2, 0.25) is 0 Å². The van der Waals surface area contributed by atoms with Gasteiger partial charge in [0.05, 0.1) is 17.8 Å². The van der Waals surface area contributed by atoms with Crippen molar-refractivity contribution in [3.8, 4) is 0 Å². The van der Waals surface area contributed by atoms with E-state index < -0.39 is 0 Å². The summed E-state index contributed by atoms with van der Waals surface area (Å²) in [6.07, 6.45) is 0.0722. The first-order valence-electron chi connectivity index (χ1n) is 6.87. The van der Waals surface area contributed by atoms with Crippen molar-refractivity contribution in [2.24, 2.45) is 4.99 Å². The summed E-state index contributed by atoms with van der Waals surface area (Å²) in [6, 6.07) is 12.9. The first kappa shape index (κ1) is 13.4. The molecule has 2 aromatic carbocycles. The van der Waals surface area contributed by atoms with E-state index in [0.29, 0.717) is 22.5 Å². The predicted octanol–water partition coefficient (Wildman–Crippen LogP) is 3.85. The summed E-state index contributed by atoms with van der Waals surface area (Å²) in [5, 5.41) is 0. The molecule has 3 rings (SSSR count). The molecule has 1 aliphatic carbocycles. The molecule has 0 heterocycles. The monoisotopic (exact) mass is 277 g/mol. The summed E-state index contributed by atoms with van der Waals surface area (Å²) in [4.78, 5) is 29.0. The van der Waals surface area contributed by atoms with Gasteiger partial charge < -0.3 is 0 Å². The zero-order chi connectivity index (χ0) is 15.0. The summed E-state index contributed by atoms with van der Waals surface area (Å²) in [6.45, 7) is 3.90. The summed E-state index contributed by atoms with van der Waals surface area (Å²) in [5.41, 5.74) is 4.10. The molecule has 21 heavy (non-hydrogen) atoms. The minimum atomic E-state index is -0.145. The van der Waals surface area contributed by atoms with E-state index in [0.717, 1.165) is 11.1 Å². The van der Waals surface area contributed by atoms with Crippen molar-refractivity contribution in [2.45, 2.75) is 20.3 Å². The first-order chi connectivity index (χ1) is 10.0. The first-order valence-corrected chi connectivity index (χ1v) is 6.87. The molecular weight excluding hydrogens is 262 g/mol. The Labute approximate surface area is 123 Å². The molecule has 0 aromatic heterocycles. The SMILES string of the molecule is Cc1ccc(N=C2CC(=O)c3ccc(C)cc3C2=O)cc1. The number of rotatable bonds is 1. The van der Waals surface area contributed by atoms with Crippen molar-refractivity contribution >= 4 is 23.0 Å². The van der Waals surface area contributed by atoms with Gasteiger partial charge in [-0.1, -0.05) is 35.4 Å². The Morgan fingerprint density at radius 1 is 0.857 bits per heavy atom. The molecule has 0 aliphatic heterocycles. The van der Waals surface area contributed by atoms with Crippen LogP contribution in [0.5, 0.6) is 0 Å². The Hall–Kier alpha value is -2.55. The van der Waals surface area contributed by atoms with Gasteiger partial charge in [0.2, 0.25) is 5.78 Å². The lowest BCUT2D eigenvalue weighted by atomic mass is 9.87. The lowest BCUT2D eigenvalue weighted by Crippen LogP contribution is -2.27. The van der Waals surface area contributed by atoms with E-state index in [1.165, 1.54) is 0 Å². The lowest BCUT2D eigenvalue weighted by molar-refractivity contribution is 0.0965. The molecule has 3 nitrogen and oxygen atoms in total. The summed E-state index contributed by atoms with van der Waals surface area (Å²) >= 11 is 0. The van der Waals surface area contributed by atoms with Gasteiger partial charge in [-0.2, -0.15) is 0 Å². The molecule has 0 amide bonds. The highest BCUT2D eigenvalue weighted by atomic mass is 16.1. The van der Waals surface area contributed by atoms with Gasteiger partial charge in [0.25, 0.3) is 0 Å². The number of Topliss-reactive ketones (excluding diaryl/α,β-unsaturated/α-hetero) is 2. The van der Waals surface area contributed by atoms with Crippen LogP contribution in [-0.4, -0.2) is 17.3 Å². The van der Waals surface area contributed by atoms with E-state index in [2.05, 4.69) is 4.99 Å². The van der Waals surface area contributed by atoms with Crippen LogP contribution in [0.3, 0.4) is 0 Å². The summed E-state index contributed by atoms with van der Waals surface area (Å²) in [7, 11) is 0. The average Bonchev–Trinajstić information content (AvgIpc) is 2.46. The number of fused-ring (bicyclic) bond motifs is 1. The summed E-state index contributed by atoms with van der Waals surface area (Å²) < 4.78 is 0. The minimum Gasteiger partial charge on any atom is -0.294 e. The Morgan fingerprint density at radius 3 is 2.24 bits per heavy atom. The smallest absolute Gasteiger partial charge is 0.208 e. The van der Waals surface area contributed by atoms with Crippen LogP contribution in [0.1, 0.15) is 38.3 Å². The van der Waals surface area contributed by atoms with E-state index in [9.17, 15) is 9.59 Å². The minimum absolute atomic E-state index is 0.0459. The van der Waals surface area contributed by atoms with Gasteiger partial charge >= 0.3 is 0 Å². The molecule has 0 unspecified atom stereocenters. The van der Waals surface area contributed by atoms with Gasteiger partial charge in [0, 0.05) is 11.1 Å². The third-order valence-electron chi connectivity index (χ3n) is 3.61. The maximum absolute atomic E-state index is 12.5. The van der Waals surface area contributed by atoms with E-state index >= 15 is 0 Å². The molecular formula is C18H15NO2. The normalized spacial score (nSPS) is 16.2. The quantitative estimate of drug-likeness (QED) is 0.795. The predicted molar refractivity (Wildman–Crippen MR) is 82.7 cm³/mol. The Kier molecular flexibility index (Phi) is 3.26. The van der Waals surface area contributed by atoms with Gasteiger partial charge in [0.1, 0.15) is 0 Å². The molecule has 0 atom stereocenters. The van der Waals surface area contributed by atoms with Gasteiger partial charge in [-0.25, -0.2) is 4.99 Å². The van der Waals surface area contributed by atoms with Crippen LogP contribution in [0.4, 0.5) is 5.69 Å². The number of benzene rings is 2. The Morgan fingerprint density at radius 2 is 1.52 bits per heavy atom.